The molecular weight excluding hydrogens is 392 g/mol. The first-order chi connectivity index (χ1) is 12.4. The largest absolute Gasteiger partial charge is 0.478 e. The molecule has 0 radical (unpaired) electrons. The Morgan fingerprint density at radius 2 is 2.11 bits per heavy atom. The third-order valence-electron chi connectivity index (χ3n) is 5.77. The minimum atomic E-state index is -3.57. The van der Waals surface area contributed by atoms with E-state index in [-0.39, 0.29) is 35.9 Å². The van der Waals surface area contributed by atoms with Gasteiger partial charge < -0.3 is 15.2 Å². The summed E-state index contributed by atoms with van der Waals surface area (Å²) in [6.45, 7) is 3.06. The van der Waals surface area contributed by atoms with Gasteiger partial charge in [0.05, 0.1) is 11.5 Å². The van der Waals surface area contributed by atoms with Crippen LogP contribution in [0, 0.1) is 11.8 Å². The second-order valence-corrected chi connectivity index (χ2v) is 9.26. The van der Waals surface area contributed by atoms with Gasteiger partial charge in [0.15, 0.2) is 6.10 Å². The molecule has 2 N–H and O–H groups in total. The van der Waals surface area contributed by atoms with Crippen LogP contribution >= 0.6 is 12.4 Å². The number of halogens is 1. The number of nitrogens with two attached hydrogens (primary N) is 1. The summed E-state index contributed by atoms with van der Waals surface area (Å²) in [7, 11) is -3.57. The van der Waals surface area contributed by atoms with E-state index in [4.69, 9.17) is 15.2 Å². The molecule has 1 saturated heterocycles. The van der Waals surface area contributed by atoms with Crippen molar-refractivity contribution in [2.24, 2.45) is 17.6 Å². The van der Waals surface area contributed by atoms with E-state index >= 15 is 0 Å². The molecule has 150 valence electrons. The Labute approximate surface area is 165 Å². The average Bonchev–Trinajstić information content (AvgIpc) is 3.30. The van der Waals surface area contributed by atoms with Gasteiger partial charge in [-0.3, -0.25) is 0 Å². The van der Waals surface area contributed by atoms with Gasteiger partial charge in [-0.25, -0.2) is 13.2 Å². The maximum atomic E-state index is 13.0. The Morgan fingerprint density at radius 1 is 1.33 bits per heavy atom. The molecule has 0 spiro atoms. The molecule has 2 fully saturated rings. The lowest BCUT2D eigenvalue weighted by molar-refractivity contribution is -0.150. The van der Waals surface area contributed by atoms with Crippen LogP contribution in [0.25, 0.3) is 0 Å². The molecule has 1 saturated carbocycles. The molecular formula is C18H25ClN2O5S. The van der Waals surface area contributed by atoms with Gasteiger partial charge in [-0.05, 0) is 55.4 Å². The number of rotatable bonds is 4. The maximum absolute atomic E-state index is 13.0. The number of nitrogens with zero attached hydrogens (tertiary/aromatic N) is 1. The summed E-state index contributed by atoms with van der Waals surface area (Å²) < 4.78 is 38.2. The van der Waals surface area contributed by atoms with Crippen LogP contribution in [-0.2, 0) is 26.0 Å². The number of carbonyl (C=O) groups is 1. The van der Waals surface area contributed by atoms with Gasteiger partial charge in [0.25, 0.3) is 0 Å². The molecule has 1 aromatic rings. The highest BCUT2D eigenvalue weighted by molar-refractivity contribution is 7.89. The van der Waals surface area contributed by atoms with E-state index in [1.165, 1.54) is 0 Å². The first kappa shape index (κ1) is 20.4. The standard InChI is InChI=1S/C18H24N2O5S.ClH/c1-2-24-18(21)17-8-12-7-13(4-6-16(12)25-17)26(22,23)20-9-11-3-5-15(19)14(11)10-20;/h4,6-7,11,14-15,17H,2-3,5,8-10,19H2,1H3;1H. The first-order valence-electron chi connectivity index (χ1n) is 9.12. The van der Waals surface area contributed by atoms with E-state index in [0.717, 1.165) is 18.4 Å². The van der Waals surface area contributed by atoms with Crippen molar-refractivity contribution in [3.63, 3.8) is 0 Å². The third-order valence-corrected chi connectivity index (χ3v) is 7.60. The lowest BCUT2D eigenvalue weighted by Gasteiger charge is -2.19. The van der Waals surface area contributed by atoms with Crippen molar-refractivity contribution in [3.05, 3.63) is 23.8 Å². The Balaban J connectivity index is 0.00000210. The van der Waals surface area contributed by atoms with Gasteiger partial charge in [0, 0.05) is 25.6 Å². The highest BCUT2D eigenvalue weighted by Crippen LogP contribution is 2.40. The van der Waals surface area contributed by atoms with E-state index < -0.39 is 22.1 Å². The highest BCUT2D eigenvalue weighted by atomic mass is 35.5. The molecule has 0 aromatic heterocycles. The minimum absolute atomic E-state index is 0. The number of benzene rings is 1. The number of fused-ring (bicyclic) bond motifs is 2. The molecule has 2 aliphatic heterocycles. The third kappa shape index (κ3) is 3.55. The molecule has 4 rings (SSSR count). The number of hydrogen-bond donors (Lipinski definition) is 1. The van der Waals surface area contributed by atoms with E-state index in [2.05, 4.69) is 0 Å². The van der Waals surface area contributed by atoms with Crippen LogP contribution in [0.2, 0.25) is 0 Å². The van der Waals surface area contributed by atoms with Crippen LogP contribution in [0.3, 0.4) is 0 Å². The molecule has 4 atom stereocenters. The van der Waals surface area contributed by atoms with Crippen LogP contribution in [0.15, 0.2) is 23.1 Å². The van der Waals surface area contributed by atoms with Crippen molar-refractivity contribution in [3.8, 4) is 5.75 Å². The molecule has 1 aromatic carbocycles. The molecule has 0 bridgehead atoms. The van der Waals surface area contributed by atoms with Gasteiger partial charge in [0.1, 0.15) is 5.75 Å². The molecule has 3 aliphatic rings. The highest BCUT2D eigenvalue weighted by Gasteiger charge is 2.45. The number of carbonyl (C=O) groups excluding carboxylic acids is 1. The molecule has 27 heavy (non-hydrogen) atoms. The van der Waals surface area contributed by atoms with Gasteiger partial charge in [-0.15, -0.1) is 12.4 Å². The average molecular weight is 417 g/mol. The molecule has 4 unspecified atom stereocenters. The van der Waals surface area contributed by atoms with E-state index in [1.807, 2.05) is 0 Å². The lowest BCUT2D eigenvalue weighted by Crippen LogP contribution is -2.33. The second kappa shape index (κ2) is 7.58. The topological polar surface area (TPSA) is 98.9 Å². The predicted octanol–water partition coefficient (Wildman–Crippen LogP) is 1.33. The van der Waals surface area contributed by atoms with Crippen LogP contribution in [-0.4, -0.2) is 50.5 Å². The summed E-state index contributed by atoms with van der Waals surface area (Å²) in [6, 6.07) is 4.90. The molecule has 2 heterocycles. The SMILES string of the molecule is CCOC(=O)C1Cc2cc(S(=O)(=O)N3CC4CCC(N)C4C3)ccc2O1.Cl. The van der Waals surface area contributed by atoms with Crippen LogP contribution < -0.4 is 10.5 Å². The summed E-state index contributed by atoms with van der Waals surface area (Å²) >= 11 is 0. The normalized spacial score (nSPS) is 29.6. The van der Waals surface area contributed by atoms with Crippen molar-refractivity contribution in [2.45, 2.75) is 43.2 Å². The molecule has 9 heteroatoms. The quantitative estimate of drug-likeness (QED) is 0.743. The summed E-state index contributed by atoms with van der Waals surface area (Å²) in [6.07, 6.45) is 1.60. The van der Waals surface area contributed by atoms with Crippen molar-refractivity contribution in [1.29, 1.82) is 0 Å². The predicted molar refractivity (Wildman–Crippen MR) is 101 cm³/mol. The van der Waals surface area contributed by atoms with Crippen molar-refractivity contribution in [2.75, 3.05) is 19.7 Å². The Hall–Kier alpha value is -1.35. The van der Waals surface area contributed by atoms with E-state index in [1.54, 1.807) is 29.4 Å². The number of ether oxygens (including phenoxy) is 2. The maximum Gasteiger partial charge on any atom is 0.347 e. The Morgan fingerprint density at radius 3 is 2.81 bits per heavy atom. The van der Waals surface area contributed by atoms with Gasteiger partial charge >= 0.3 is 5.97 Å². The first-order valence-corrected chi connectivity index (χ1v) is 10.6. The minimum Gasteiger partial charge on any atom is -0.478 e. The molecule has 0 amide bonds. The number of sulfonamides is 1. The summed E-state index contributed by atoms with van der Waals surface area (Å²) in [4.78, 5) is 12.1. The number of esters is 1. The fourth-order valence-corrected chi connectivity index (χ4v) is 5.95. The molecule has 1 aliphatic carbocycles. The van der Waals surface area contributed by atoms with Gasteiger partial charge in [-0.1, -0.05) is 0 Å². The summed E-state index contributed by atoms with van der Waals surface area (Å²) in [5, 5.41) is 0. The van der Waals surface area contributed by atoms with Gasteiger partial charge in [0.2, 0.25) is 10.0 Å². The van der Waals surface area contributed by atoms with Crippen LogP contribution in [0.4, 0.5) is 0 Å². The zero-order valence-electron chi connectivity index (χ0n) is 15.2. The van der Waals surface area contributed by atoms with E-state index in [0.29, 0.717) is 31.2 Å². The Kier molecular flexibility index (Phi) is 5.72. The second-order valence-electron chi connectivity index (χ2n) is 7.32. The zero-order chi connectivity index (χ0) is 18.5. The van der Waals surface area contributed by atoms with Crippen molar-refractivity contribution >= 4 is 28.4 Å². The fourth-order valence-electron chi connectivity index (χ4n) is 4.36. The monoisotopic (exact) mass is 416 g/mol. The van der Waals surface area contributed by atoms with Crippen LogP contribution in [0.5, 0.6) is 5.75 Å². The molecule has 7 nitrogen and oxygen atoms in total. The summed E-state index contributed by atoms with van der Waals surface area (Å²) in [5.74, 6) is 0.748. The number of hydrogen-bond acceptors (Lipinski definition) is 6. The smallest absolute Gasteiger partial charge is 0.347 e. The van der Waals surface area contributed by atoms with Crippen LogP contribution in [0.1, 0.15) is 25.3 Å². The lowest BCUT2D eigenvalue weighted by atomic mass is 9.98. The van der Waals surface area contributed by atoms with Crippen molar-refractivity contribution in [1.82, 2.24) is 4.31 Å². The van der Waals surface area contributed by atoms with E-state index in [9.17, 15) is 13.2 Å². The fraction of sp³-hybridized carbons (Fsp3) is 0.611. The van der Waals surface area contributed by atoms with Crippen molar-refractivity contribution < 1.29 is 22.7 Å². The zero-order valence-corrected chi connectivity index (χ0v) is 16.8. The Bertz CT molecular complexity index is 831. The summed E-state index contributed by atoms with van der Waals surface area (Å²) in [5.41, 5.74) is 6.85. The van der Waals surface area contributed by atoms with Gasteiger partial charge in [-0.2, -0.15) is 4.31 Å².